The molecule has 46 heavy (non-hydrogen) atoms. The lowest BCUT2D eigenvalue weighted by molar-refractivity contribution is -0.137. The fourth-order valence-corrected chi connectivity index (χ4v) is 4.91. The zero-order valence-electron chi connectivity index (χ0n) is 25.1. The predicted octanol–water partition coefficient (Wildman–Crippen LogP) is 7.13. The van der Waals surface area contributed by atoms with Gasteiger partial charge in [0.1, 0.15) is 17.6 Å². The molecule has 0 aliphatic carbocycles. The first-order chi connectivity index (χ1) is 22.5. The van der Waals surface area contributed by atoms with Gasteiger partial charge in [0, 0.05) is 41.5 Å². The highest BCUT2D eigenvalue weighted by atomic mass is 16.5. The number of anilines is 2. The normalized spacial score (nSPS) is 11.6. The van der Waals surface area contributed by atoms with Crippen LogP contribution in [0.5, 0.6) is 5.75 Å². The Kier molecular flexibility index (Phi) is 10.8. The molecule has 0 saturated carbocycles. The summed E-state index contributed by atoms with van der Waals surface area (Å²) >= 11 is 0. The van der Waals surface area contributed by atoms with Gasteiger partial charge in [-0.15, -0.1) is 0 Å². The second kappa shape index (κ2) is 15.7. The third-order valence-electron chi connectivity index (χ3n) is 7.26. The van der Waals surface area contributed by atoms with Crippen LogP contribution >= 0.6 is 0 Å². The van der Waals surface area contributed by atoms with Gasteiger partial charge in [-0.1, -0.05) is 72.8 Å². The van der Waals surface area contributed by atoms with Crippen molar-refractivity contribution in [3.05, 3.63) is 156 Å². The summed E-state index contributed by atoms with van der Waals surface area (Å²) in [7, 11) is 0. The van der Waals surface area contributed by atoms with E-state index in [-0.39, 0.29) is 18.1 Å². The number of carboxylic acid groups (broad SMARTS) is 1. The molecule has 8 heteroatoms. The number of carboxylic acids is 1. The van der Waals surface area contributed by atoms with Crippen molar-refractivity contribution < 1.29 is 28.6 Å². The number of nitrogens with zero attached hydrogens (tertiary/aromatic N) is 1. The zero-order chi connectivity index (χ0) is 32.1. The minimum atomic E-state index is -1.03. The van der Waals surface area contributed by atoms with E-state index in [0.29, 0.717) is 47.9 Å². The van der Waals surface area contributed by atoms with E-state index in [4.69, 9.17) is 9.15 Å². The monoisotopic (exact) mass is 614 g/mol. The Bertz CT molecular complexity index is 1750. The van der Waals surface area contributed by atoms with Gasteiger partial charge in [-0.2, -0.15) is 0 Å². The van der Waals surface area contributed by atoms with Gasteiger partial charge in [0.25, 0.3) is 5.91 Å². The highest BCUT2D eigenvalue weighted by Gasteiger charge is 2.21. The fraction of sp³-hybridized carbons (Fsp3) is 0.132. The molecule has 5 rings (SSSR count). The Hall–Kier alpha value is -5.89. The molecule has 232 valence electrons. The second-order valence-electron chi connectivity index (χ2n) is 10.5. The van der Waals surface area contributed by atoms with Crippen LogP contribution in [0, 0.1) is 0 Å². The van der Waals surface area contributed by atoms with Crippen molar-refractivity contribution in [1.29, 1.82) is 0 Å². The number of para-hydroxylation sites is 2. The number of carbonyl (C=O) groups is 3. The summed E-state index contributed by atoms with van der Waals surface area (Å²) in [4.78, 5) is 40.0. The Morgan fingerprint density at radius 2 is 1.52 bits per heavy atom. The number of amides is 1. The largest absolute Gasteiger partial charge is 0.494 e. The molecule has 0 spiro atoms. The van der Waals surface area contributed by atoms with Crippen molar-refractivity contribution in [2.45, 2.75) is 18.9 Å². The van der Waals surface area contributed by atoms with Crippen LogP contribution in [0.1, 0.15) is 33.7 Å². The quantitative estimate of drug-likeness (QED) is 0.0733. The van der Waals surface area contributed by atoms with E-state index in [2.05, 4.69) is 5.32 Å². The van der Waals surface area contributed by atoms with Crippen molar-refractivity contribution in [3.63, 3.8) is 0 Å². The summed E-state index contributed by atoms with van der Waals surface area (Å²) < 4.78 is 11.2. The molecule has 0 saturated heterocycles. The number of nitrogens with one attached hydrogen (secondary N) is 1. The van der Waals surface area contributed by atoms with E-state index in [1.165, 1.54) is 6.08 Å². The first kappa shape index (κ1) is 31.5. The molecule has 0 unspecified atom stereocenters. The fourth-order valence-electron chi connectivity index (χ4n) is 4.91. The van der Waals surface area contributed by atoms with Gasteiger partial charge in [-0.25, -0.2) is 4.79 Å². The number of rotatable bonds is 15. The van der Waals surface area contributed by atoms with E-state index in [1.54, 1.807) is 90.0 Å². The van der Waals surface area contributed by atoms with Crippen molar-refractivity contribution in [2.75, 3.05) is 23.4 Å². The van der Waals surface area contributed by atoms with Crippen LogP contribution in [0.15, 0.2) is 138 Å². The maximum absolute atomic E-state index is 13.1. The molecule has 0 aliphatic rings. The Morgan fingerprint density at radius 1 is 0.826 bits per heavy atom. The minimum absolute atomic E-state index is 0.166. The molecule has 0 bridgehead atoms. The second-order valence-corrected chi connectivity index (χ2v) is 10.5. The molecule has 0 radical (unpaired) electrons. The smallest absolute Gasteiger partial charge is 0.326 e. The van der Waals surface area contributed by atoms with Gasteiger partial charge in [0.05, 0.1) is 12.9 Å². The molecule has 0 aliphatic heterocycles. The van der Waals surface area contributed by atoms with E-state index in [9.17, 15) is 19.5 Å². The average molecular weight is 615 g/mol. The summed E-state index contributed by atoms with van der Waals surface area (Å²) in [6, 6.07) is 35.1. The molecular formula is C38H34N2O6. The molecule has 0 fully saturated rings. The lowest BCUT2D eigenvalue weighted by atomic mass is 10.00. The third-order valence-corrected chi connectivity index (χ3v) is 7.26. The molecule has 1 aromatic heterocycles. The highest BCUT2D eigenvalue weighted by Crippen LogP contribution is 2.22. The number of ether oxygens (including phenoxy) is 1. The van der Waals surface area contributed by atoms with Crippen LogP contribution in [-0.4, -0.2) is 42.0 Å². The van der Waals surface area contributed by atoms with Gasteiger partial charge < -0.3 is 24.5 Å². The Balaban J connectivity index is 1.16. The molecule has 1 atom stereocenters. The van der Waals surface area contributed by atoms with Crippen LogP contribution in [-0.2, 0) is 16.0 Å². The van der Waals surface area contributed by atoms with Gasteiger partial charge in [0.2, 0.25) is 0 Å². The Labute approximate surface area is 267 Å². The molecule has 5 aromatic rings. The van der Waals surface area contributed by atoms with Crippen molar-refractivity contribution in [3.8, 4) is 5.75 Å². The maximum Gasteiger partial charge on any atom is 0.326 e. The van der Waals surface area contributed by atoms with Crippen molar-refractivity contribution in [1.82, 2.24) is 0 Å². The third kappa shape index (κ3) is 8.60. The van der Waals surface area contributed by atoms with E-state index in [1.807, 2.05) is 48.5 Å². The van der Waals surface area contributed by atoms with Crippen LogP contribution < -0.4 is 15.0 Å². The van der Waals surface area contributed by atoms with Crippen LogP contribution in [0.3, 0.4) is 0 Å². The summed E-state index contributed by atoms with van der Waals surface area (Å²) in [5.74, 6) is -0.144. The van der Waals surface area contributed by atoms with Gasteiger partial charge >= 0.3 is 5.97 Å². The van der Waals surface area contributed by atoms with E-state index >= 15 is 0 Å². The van der Waals surface area contributed by atoms with Gasteiger partial charge in [-0.3, -0.25) is 9.59 Å². The number of ketones is 1. The van der Waals surface area contributed by atoms with Crippen LogP contribution in [0.4, 0.5) is 11.4 Å². The maximum atomic E-state index is 13.1. The zero-order valence-corrected chi connectivity index (χ0v) is 25.1. The lowest BCUT2D eigenvalue weighted by Gasteiger charge is -2.21. The molecule has 2 N–H and O–H groups in total. The summed E-state index contributed by atoms with van der Waals surface area (Å²) in [6.07, 6.45) is 5.47. The average Bonchev–Trinajstić information content (AvgIpc) is 3.62. The highest BCUT2D eigenvalue weighted by molar-refractivity contribution is 6.12. The number of hydrogen-bond acceptors (Lipinski definition) is 6. The first-order valence-electron chi connectivity index (χ1n) is 15.0. The Morgan fingerprint density at radius 3 is 2.22 bits per heavy atom. The van der Waals surface area contributed by atoms with E-state index in [0.717, 1.165) is 11.3 Å². The number of benzene rings is 4. The molecule has 4 aromatic carbocycles. The first-order valence-corrected chi connectivity index (χ1v) is 15.0. The number of carbonyl (C=O) groups excluding carboxylic acids is 2. The minimum Gasteiger partial charge on any atom is -0.494 e. The SMILES string of the molecule is O=C(c1ccccc1)c1ccccc1N[C@@H](Cc1ccc(OCCCN(C(=O)C=Cc2ccco2)c2ccccc2)cc1)C(=O)O. The van der Waals surface area contributed by atoms with Gasteiger partial charge in [0.15, 0.2) is 5.78 Å². The summed E-state index contributed by atoms with van der Waals surface area (Å²) in [5, 5.41) is 13.0. The van der Waals surface area contributed by atoms with Crippen LogP contribution in [0.25, 0.3) is 6.08 Å². The number of furan rings is 1. The van der Waals surface area contributed by atoms with E-state index < -0.39 is 12.0 Å². The molecule has 8 nitrogen and oxygen atoms in total. The standard InChI is InChI=1S/C38H34N2O6/c41-36(23-22-31-15-9-25-45-31)40(30-13-5-2-6-14-30)24-10-26-46-32-20-18-28(19-21-32)27-35(38(43)44)39-34-17-8-7-16-33(34)37(42)29-11-3-1-4-12-29/h1-9,11-23,25,35,39H,10,24,26-27H2,(H,43,44)/t35-/m0/s1. The van der Waals surface area contributed by atoms with Gasteiger partial charge in [-0.05, 0) is 66.6 Å². The predicted molar refractivity (Wildman–Crippen MR) is 178 cm³/mol. The lowest BCUT2D eigenvalue weighted by Crippen LogP contribution is -2.32. The number of aliphatic carboxylic acids is 1. The summed E-state index contributed by atoms with van der Waals surface area (Å²) in [6.45, 7) is 0.826. The molecule has 1 heterocycles. The van der Waals surface area contributed by atoms with Crippen molar-refractivity contribution >= 4 is 35.1 Å². The van der Waals surface area contributed by atoms with Crippen molar-refractivity contribution in [2.24, 2.45) is 0 Å². The van der Waals surface area contributed by atoms with Crippen LogP contribution in [0.2, 0.25) is 0 Å². The molecule has 1 amide bonds. The topological polar surface area (TPSA) is 109 Å². The summed E-state index contributed by atoms with van der Waals surface area (Å²) in [5.41, 5.74) is 2.98. The number of hydrogen-bond donors (Lipinski definition) is 2. The molecular weight excluding hydrogens is 580 g/mol.